The highest BCUT2D eigenvalue weighted by molar-refractivity contribution is 7.98. The van der Waals surface area contributed by atoms with Crippen molar-refractivity contribution in [1.29, 1.82) is 0 Å². The second kappa shape index (κ2) is 9.34. The summed E-state index contributed by atoms with van der Waals surface area (Å²) in [5.41, 5.74) is 5.40. The average molecular weight is 218 g/mol. The van der Waals surface area contributed by atoms with E-state index in [1.165, 1.54) is 25.0 Å². The number of hydrogen-bond acceptors (Lipinski definition) is 3. The van der Waals surface area contributed by atoms with Gasteiger partial charge < -0.3 is 11.1 Å². The van der Waals surface area contributed by atoms with Crippen LogP contribution in [0.15, 0.2) is 0 Å². The molecule has 0 aromatic rings. The quantitative estimate of drug-likeness (QED) is 0.605. The van der Waals surface area contributed by atoms with Crippen molar-refractivity contribution in [3.05, 3.63) is 0 Å². The molecule has 1 amide bonds. The fraction of sp³-hybridized carbons (Fsp3) is 0.900. The Balaban J connectivity index is 3.10. The van der Waals surface area contributed by atoms with Gasteiger partial charge in [-0.15, -0.1) is 0 Å². The van der Waals surface area contributed by atoms with Crippen molar-refractivity contribution in [2.45, 2.75) is 38.6 Å². The first-order valence-corrected chi connectivity index (χ1v) is 6.60. The zero-order valence-electron chi connectivity index (χ0n) is 9.21. The van der Waals surface area contributed by atoms with Crippen LogP contribution in [0.2, 0.25) is 0 Å². The highest BCUT2D eigenvalue weighted by atomic mass is 32.2. The lowest BCUT2D eigenvalue weighted by Crippen LogP contribution is -2.38. The molecule has 84 valence electrons. The summed E-state index contributed by atoms with van der Waals surface area (Å²) < 4.78 is 0. The molecule has 0 aliphatic carbocycles. The first kappa shape index (κ1) is 13.8. The minimum atomic E-state index is -0.383. The van der Waals surface area contributed by atoms with Crippen LogP contribution in [0.5, 0.6) is 0 Å². The molecule has 0 saturated heterocycles. The Labute approximate surface area is 91.2 Å². The fourth-order valence-electron chi connectivity index (χ4n) is 1.10. The second-order valence-corrected chi connectivity index (χ2v) is 4.47. The van der Waals surface area contributed by atoms with Gasteiger partial charge in [-0.25, -0.2) is 0 Å². The molecule has 0 bridgehead atoms. The topological polar surface area (TPSA) is 55.1 Å². The molecule has 0 unspecified atom stereocenters. The summed E-state index contributed by atoms with van der Waals surface area (Å²) in [7, 11) is 0. The van der Waals surface area contributed by atoms with Crippen LogP contribution >= 0.6 is 11.8 Å². The Morgan fingerprint density at radius 3 is 2.57 bits per heavy atom. The van der Waals surface area contributed by atoms with Crippen molar-refractivity contribution in [2.75, 3.05) is 18.6 Å². The number of nitrogens with two attached hydrogens (primary N) is 1. The summed E-state index contributed by atoms with van der Waals surface area (Å²) in [5.74, 6) is 1.20. The molecule has 4 heteroatoms. The van der Waals surface area contributed by atoms with Gasteiger partial charge in [0.15, 0.2) is 0 Å². The number of amides is 1. The molecule has 0 saturated carbocycles. The van der Waals surface area contributed by atoms with E-state index in [9.17, 15) is 4.79 Å². The number of nitrogens with one attached hydrogen (secondary N) is 1. The minimum absolute atomic E-state index is 0.0471. The number of hydrogen-bond donors (Lipinski definition) is 2. The van der Waals surface area contributed by atoms with Crippen molar-refractivity contribution in [2.24, 2.45) is 5.73 Å². The van der Waals surface area contributed by atoms with E-state index in [0.29, 0.717) is 0 Å². The van der Waals surface area contributed by atoms with Crippen LogP contribution in [0.1, 0.15) is 32.6 Å². The third kappa shape index (κ3) is 8.38. The minimum Gasteiger partial charge on any atom is -0.355 e. The maximum atomic E-state index is 11.0. The zero-order chi connectivity index (χ0) is 10.8. The second-order valence-electron chi connectivity index (χ2n) is 3.49. The molecule has 0 fully saturated rings. The molecular formula is C10H22N2OS. The van der Waals surface area contributed by atoms with Gasteiger partial charge >= 0.3 is 0 Å². The van der Waals surface area contributed by atoms with Gasteiger partial charge in [-0.3, -0.25) is 4.79 Å². The van der Waals surface area contributed by atoms with Crippen LogP contribution in [0.25, 0.3) is 0 Å². The highest BCUT2D eigenvalue weighted by Crippen LogP contribution is 2.03. The Kier molecular flexibility index (Phi) is 9.19. The lowest BCUT2D eigenvalue weighted by atomic mass is 10.2. The predicted molar refractivity (Wildman–Crippen MR) is 63.5 cm³/mol. The molecule has 0 spiro atoms. The summed E-state index contributed by atoms with van der Waals surface area (Å²) in [4.78, 5) is 11.0. The first-order chi connectivity index (χ1) is 6.68. The number of thioether (sulfide) groups is 1. The van der Waals surface area contributed by atoms with Crippen LogP contribution in [0.4, 0.5) is 0 Å². The van der Waals surface area contributed by atoms with E-state index < -0.39 is 0 Å². The highest BCUT2D eigenvalue weighted by Gasteiger charge is 2.04. The Hall–Kier alpha value is -0.220. The number of unbranched alkanes of at least 4 members (excludes halogenated alkanes) is 3. The molecule has 0 radical (unpaired) electrons. The fourth-order valence-corrected chi connectivity index (χ4v) is 1.59. The van der Waals surface area contributed by atoms with E-state index >= 15 is 0 Å². The van der Waals surface area contributed by atoms with E-state index in [1.54, 1.807) is 6.92 Å². The molecule has 3 N–H and O–H groups in total. The summed E-state index contributed by atoms with van der Waals surface area (Å²) in [5, 5.41) is 2.80. The normalized spacial score (nSPS) is 12.5. The molecule has 0 aliphatic rings. The molecule has 0 aromatic heterocycles. The largest absolute Gasteiger partial charge is 0.355 e. The van der Waals surface area contributed by atoms with Crippen molar-refractivity contribution in [3.8, 4) is 0 Å². The van der Waals surface area contributed by atoms with E-state index in [-0.39, 0.29) is 11.9 Å². The SMILES string of the molecule is CSCCCCCCNC(=O)[C@H](C)N. The smallest absolute Gasteiger partial charge is 0.236 e. The average Bonchev–Trinajstić information content (AvgIpc) is 2.16. The van der Waals surface area contributed by atoms with Gasteiger partial charge in [0.2, 0.25) is 5.91 Å². The molecule has 0 rings (SSSR count). The Bertz CT molecular complexity index is 151. The van der Waals surface area contributed by atoms with Crippen LogP contribution in [-0.2, 0) is 4.79 Å². The molecule has 0 aliphatic heterocycles. The van der Waals surface area contributed by atoms with Crippen molar-refractivity contribution < 1.29 is 4.79 Å². The molecular weight excluding hydrogens is 196 g/mol. The summed E-state index contributed by atoms with van der Waals surface area (Å²) in [6.07, 6.45) is 6.92. The van der Waals surface area contributed by atoms with E-state index in [4.69, 9.17) is 5.73 Å². The standard InChI is InChI=1S/C10H22N2OS/c1-9(11)10(13)12-7-5-3-4-6-8-14-2/h9H,3-8,11H2,1-2H3,(H,12,13)/t9-/m0/s1. The van der Waals surface area contributed by atoms with Gasteiger partial charge in [-0.2, -0.15) is 11.8 Å². The van der Waals surface area contributed by atoms with Crippen LogP contribution in [-0.4, -0.2) is 30.5 Å². The summed E-state index contributed by atoms with van der Waals surface area (Å²) >= 11 is 1.89. The van der Waals surface area contributed by atoms with Gasteiger partial charge in [-0.05, 0) is 31.8 Å². The number of carbonyl (C=O) groups is 1. The number of rotatable bonds is 8. The molecule has 0 aromatic carbocycles. The van der Waals surface area contributed by atoms with Crippen LogP contribution in [0.3, 0.4) is 0 Å². The summed E-state index contributed by atoms with van der Waals surface area (Å²) in [6, 6.07) is -0.383. The van der Waals surface area contributed by atoms with Crippen molar-refractivity contribution >= 4 is 17.7 Å². The molecule has 1 atom stereocenters. The van der Waals surface area contributed by atoms with Crippen LogP contribution < -0.4 is 11.1 Å². The van der Waals surface area contributed by atoms with Crippen molar-refractivity contribution in [3.63, 3.8) is 0 Å². The molecule has 3 nitrogen and oxygen atoms in total. The third-order valence-electron chi connectivity index (χ3n) is 1.99. The van der Waals surface area contributed by atoms with Crippen molar-refractivity contribution in [1.82, 2.24) is 5.32 Å². The monoisotopic (exact) mass is 218 g/mol. The Morgan fingerprint density at radius 2 is 2.00 bits per heavy atom. The zero-order valence-corrected chi connectivity index (χ0v) is 10.0. The van der Waals surface area contributed by atoms with E-state index in [1.807, 2.05) is 11.8 Å². The predicted octanol–water partition coefficient (Wildman–Crippen LogP) is 1.37. The lowest BCUT2D eigenvalue weighted by molar-refractivity contribution is -0.121. The van der Waals surface area contributed by atoms with Crippen LogP contribution in [0, 0.1) is 0 Å². The third-order valence-corrected chi connectivity index (χ3v) is 2.68. The molecule has 0 heterocycles. The van der Waals surface area contributed by atoms with Gasteiger partial charge in [0, 0.05) is 6.54 Å². The van der Waals surface area contributed by atoms with E-state index in [0.717, 1.165) is 13.0 Å². The summed E-state index contributed by atoms with van der Waals surface area (Å²) in [6.45, 7) is 2.47. The molecule has 14 heavy (non-hydrogen) atoms. The Morgan fingerprint density at radius 1 is 1.36 bits per heavy atom. The number of carbonyl (C=O) groups excluding carboxylic acids is 1. The van der Waals surface area contributed by atoms with Gasteiger partial charge in [0.25, 0.3) is 0 Å². The maximum absolute atomic E-state index is 11.0. The first-order valence-electron chi connectivity index (χ1n) is 5.20. The van der Waals surface area contributed by atoms with Gasteiger partial charge in [-0.1, -0.05) is 12.8 Å². The van der Waals surface area contributed by atoms with Gasteiger partial charge in [0.05, 0.1) is 6.04 Å². The van der Waals surface area contributed by atoms with E-state index in [2.05, 4.69) is 11.6 Å². The maximum Gasteiger partial charge on any atom is 0.236 e. The lowest BCUT2D eigenvalue weighted by Gasteiger charge is -2.06. The van der Waals surface area contributed by atoms with Gasteiger partial charge in [0.1, 0.15) is 0 Å².